The minimum atomic E-state index is 0. The first-order chi connectivity index (χ1) is 9.77. The minimum absolute atomic E-state index is 0. The molecule has 0 bridgehead atoms. The number of hydrogen-bond donors (Lipinski definition) is 2. The Balaban J connectivity index is 0.00000400. The number of aryl methyl sites for hydroxylation is 1. The molecular formula is C15H26IN3OS. The molecule has 0 amide bonds. The largest absolute Gasteiger partial charge is 0.491 e. The Morgan fingerprint density at radius 3 is 2.71 bits per heavy atom. The quantitative estimate of drug-likeness (QED) is 0.292. The van der Waals surface area contributed by atoms with Gasteiger partial charge in [-0.25, -0.2) is 0 Å². The van der Waals surface area contributed by atoms with Crippen molar-refractivity contribution in [3.63, 3.8) is 0 Å². The summed E-state index contributed by atoms with van der Waals surface area (Å²) in [5.41, 5.74) is 1.16. The molecule has 0 heterocycles. The van der Waals surface area contributed by atoms with Crippen LogP contribution in [0.15, 0.2) is 29.3 Å². The molecule has 0 aliphatic carbocycles. The number of benzene rings is 1. The van der Waals surface area contributed by atoms with Crippen molar-refractivity contribution in [2.45, 2.75) is 13.8 Å². The van der Waals surface area contributed by atoms with Crippen LogP contribution >= 0.6 is 35.7 Å². The Labute approximate surface area is 149 Å². The fourth-order valence-electron chi connectivity index (χ4n) is 1.64. The van der Waals surface area contributed by atoms with Gasteiger partial charge in [-0.3, -0.25) is 4.99 Å². The van der Waals surface area contributed by atoms with Crippen LogP contribution < -0.4 is 15.4 Å². The van der Waals surface area contributed by atoms with E-state index in [-0.39, 0.29) is 24.0 Å². The average molecular weight is 423 g/mol. The molecule has 0 fully saturated rings. The lowest BCUT2D eigenvalue weighted by molar-refractivity contribution is 0.320. The molecule has 21 heavy (non-hydrogen) atoms. The summed E-state index contributed by atoms with van der Waals surface area (Å²) in [4.78, 5) is 4.48. The number of hydrogen-bond acceptors (Lipinski definition) is 3. The second-order valence-electron chi connectivity index (χ2n) is 4.29. The first-order valence-corrected chi connectivity index (χ1v) is 8.36. The summed E-state index contributed by atoms with van der Waals surface area (Å²) in [6.45, 7) is 7.17. The molecule has 120 valence electrons. The van der Waals surface area contributed by atoms with E-state index in [9.17, 15) is 0 Å². The summed E-state index contributed by atoms with van der Waals surface area (Å²) < 4.78 is 5.74. The molecule has 0 aliphatic heterocycles. The molecule has 4 nitrogen and oxygen atoms in total. The van der Waals surface area contributed by atoms with E-state index in [0.717, 1.165) is 42.7 Å². The highest BCUT2D eigenvalue weighted by molar-refractivity contribution is 14.0. The minimum Gasteiger partial charge on any atom is -0.491 e. The van der Waals surface area contributed by atoms with Crippen molar-refractivity contribution < 1.29 is 4.74 Å². The lowest BCUT2D eigenvalue weighted by Crippen LogP contribution is -2.39. The average Bonchev–Trinajstić information content (AvgIpc) is 2.45. The highest BCUT2D eigenvalue weighted by atomic mass is 127. The third-order valence-corrected chi connectivity index (χ3v) is 3.25. The first-order valence-electron chi connectivity index (χ1n) is 6.97. The van der Waals surface area contributed by atoms with Gasteiger partial charge in [-0.1, -0.05) is 18.2 Å². The molecule has 0 unspecified atom stereocenters. The van der Waals surface area contributed by atoms with Gasteiger partial charge in [0.05, 0.1) is 13.1 Å². The third-order valence-electron chi connectivity index (χ3n) is 2.66. The lowest BCUT2D eigenvalue weighted by atomic mass is 10.2. The standard InChI is InChI=1S/C15H25N3OS.HI/c1-4-16-15(18-10-12-20-3)17-9-11-19-14-8-6-5-7-13(14)2;/h5-8H,4,9-12H2,1-3H3,(H2,16,17,18);1H. The van der Waals surface area contributed by atoms with E-state index >= 15 is 0 Å². The number of nitrogens with zero attached hydrogens (tertiary/aromatic N) is 1. The van der Waals surface area contributed by atoms with Gasteiger partial charge in [0.15, 0.2) is 5.96 Å². The molecule has 1 aromatic carbocycles. The predicted molar refractivity (Wildman–Crippen MR) is 104 cm³/mol. The molecular weight excluding hydrogens is 397 g/mol. The van der Waals surface area contributed by atoms with Crippen molar-refractivity contribution in [1.29, 1.82) is 0 Å². The van der Waals surface area contributed by atoms with Gasteiger partial charge in [-0.2, -0.15) is 11.8 Å². The lowest BCUT2D eigenvalue weighted by Gasteiger charge is -2.12. The summed E-state index contributed by atoms with van der Waals surface area (Å²) in [7, 11) is 0. The monoisotopic (exact) mass is 423 g/mol. The zero-order valence-corrected chi connectivity index (χ0v) is 16.2. The summed E-state index contributed by atoms with van der Waals surface area (Å²) in [6, 6.07) is 8.05. The van der Waals surface area contributed by atoms with Crippen molar-refractivity contribution in [3.8, 4) is 5.75 Å². The van der Waals surface area contributed by atoms with E-state index in [4.69, 9.17) is 4.74 Å². The van der Waals surface area contributed by atoms with Gasteiger partial charge in [0.1, 0.15) is 12.4 Å². The van der Waals surface area contributed by atoms with Crippen LogP contribution in [-0.4, -0.2) is 44.2 Å². The van der Waals surface area contributed by atoms with Crippen LogP contribution in [0.4, 0.5) is 0 Å². The maximum absolute atomic E-state index is 5.74. The summed E-state index contributed by atoms with van der Waals surface area (Å²) in [6.07, 6.45) is 2.09. The first kappa shape index (κ1) is 20.4. The van der Waals surface area contributed by atoms with Crippen LogP contribution in [0.3, 0.4) is 0 Å². The summed E-state index contributed by atoms with van der Waals surface area (Å²) >= 11 is 1.80. The van der Waals surface area contributed by atoms with E-state index in [0.29, 0.717) is 6.61 Å². The number of nitrogens with one attached hydrogen (secondary N) is 2. The normalized spacial score (nSPS) is 10.7. The topological polar surface area (TPSA) is 45.7 Å². The number of halogens is 1. The van der Waals surface area contributed by atoms with Gasteiger partial charge >= 0.3 is 0 Å². The Morgan fingerprint density at radius 2 is 2.05 bits per heavy atom. The number of aliphatic imine (C=N–C) groups is 1. The van der Waals surface area contributed by atoms with Crippen molar-refractivity contribution in [3.05, 3.63) is 29.8 Å². The fraction of sp³-hybridized carbons (Fsp3) is 0.533. The van der Waals surface area contributed by atoms with E-state index in [1.54, 1.807) is 11.8 Å². The predicted octanol–water partition coefficient (Wildman–Crippen LogP) is 2.91. The van der Waals surface area contributed by atoms with Gasteiger partial charge in [0.2, 0.25) is 0 Å². The maximum Gasteiger partial charge on any atom is 0.191 e. The van der Waals surface area contributed by atoms with Crippen LogP contribution in [0, 0.1) is 6.92 Å². The molecule has 0 spiro atoms. The molecule has 0 saturated carbocycles. The number of ether oxygens (including phenoxy) is 1. The van der Waals surface area contributed by atoms with Gasteiger partial charge in [-0.05, 0) is 31.7 Å². The smallest absolute Gasteiger partial charge is 0.191 e. The van der Waals surface area contributed by atoms with Crippen LogP contribution in [0.1, 0.15) is 12.5 Å². The van der Waals surface area contributed by atoms with Crippen molar-refractivity contribution in [2.24, 2.45) is 4.99 Å². The SMILES string of the molecule is CCNC(=NCCSC)NCCOc1ccccc1C.I. The molecule has 1 aromatic rings. The Bertz CT molecular complexity index is 416. The number of thioether (sulfide) groups is 1. The number of guanidine groups is 1. The maximum atomic E-state index is 5.74. The van der Waals surface area contributed by atoms with Crippen molar-refractivity contribution in [1.82, 2.24) is 10.6 Å². The van der Waals surface area contributed by atoms with E-state index < -0.39 is 0 Å². The second kappa shape index (κ2) is 13.1. The Kier molecular flexibility index (Phi) is 12.7. The molecule has 0 radical (unpaired) electrons. The van der Waals surface area contributed by atoms with Crippen LogP contribution in [-0.2, 0) is 0 Å². The van der Waals surface area contributed by atoms with E-state index in [1.165, 1.54) is 0 Å². The van der Waals surface area contributed by atoms with Gasteiger partial charge in [0.25, 0.3) is 0 Å². The summed E-state index contributed by atoms with van der Waals surface area (Å²) in [5, 5.41) is 6.50. The van der Waals surface area contributed by atoms with Crippen LogP contribution in [0.5, 0.6) is 5.75 Å². The Hall–Kier alpha value is -0.630. The zero-order valence-electron chi connectivity index (χ0n) is 13.0. The number of rotatable bonds is 8. The van der Waals surface area contributed by atoms with Crippen molar-refractivity contribution in [2.75, 3.05) is 38.2 Å². The molecule has 0 aliphatic rings. The molecule has 0 saturated heterocycles. The Morgan fingerprint density at radius 1 is 1.29 bits per heavy atom. The molecule has 0 atom stereocenters. The zero-order chi connectivity index (χ0) is 14.6. The van der Waals surface area contributed by atoms with Crippen LogP contribution in [0.25, 0.3) is 0 Å². The van der Waals surface area contributed by atoms with Gasteiger partial charge in [-0.15, -0.1) is 24.0 Å². The second-order valence-corrected chi connectivity index (χ2v) is 5.28. The molecule has 2 N–H and O–H groups in total. The molecule has 1 rings (SSSR count). The summed E-state index contributed by atoms with van der Waals surface area (Å²) in [5.74, 6) is 2.84. The van der Waals surface area contributed by atoms with Gasteiger partial charge < -0.3 is 15.4 Å². The fourth-order valence-corrected chi connectivity index (χ4v) is 1.91. The van der Waals surface area contributed by atoms with Gasteiger partial charge in [0, 0.05) is 12.3 Å². The van der Waals surface area contributed by atoms with Crippen molar-refractivity contribution >= 4 is 41.7 Å². The third kappa shape index (κ3) is 9.08. The molecule has 0 aromatic heterocycles. The van der Waals surface area contributed by atoms with Crippen LogP contribution in [0.2, 0.25) is 0 Å². The molecule has 6 heteroatoms. The highest BCUT2D eigenvalue weighted by Gasteiger charge is 1.99. The number of para-hydroxylation sites is 1. The highest BCUT2D eigenvalue weighted by Crippen LogP contribution is 2.15. The van der Waals surface area contributed by atoms with E-state index in [2.05, 4.69) is 41.8 Å². The van der Waals surface area contributed by atoms with E-state index in [1.807, 2.05) is 18.2 Å².